The third-order valence-corrected chi connectivity index (χ3v) is 4.98. The van der Waals surface area contributed by atoms with Crippen molar-refractivity contribution in [1.82, 2.24) is 16.0 Å². The molecule has 0 saturated heterocycles. The van der Waals surface area contributed by atoms with Crippen molar-refractivity contribution in [1.29, 1.82) is 0 Å². The third-order valence-electron chi connectivity index (χ3n) is 4.98. The second-order valence-corrected chi connectivity index (χ2v) is 8.35. The van der Waals surface area contributed by atoms with Crippen LogP contribution < -0.4 is 15.6 Å². The first kappa shape index (κ1) is 22.1. The fraction of sp³-hybridized carbons (Fsp3) is 0.292. The Labute approximate surface area is 181 Å². The van der Waals surface area contributed by atoms with Crippen molar-refractivity contribution >= 4 is 11.8 Å². The number of hydrazine groups is 1. The van der Waals surface area contributed by atoms with Crippen LogP contribution in [-0.2, 0) is 12.0 Å². The number of hydrogen-bond donors (Lipinski definition) is 2. The van der Waals surface area contributed by atoms with Crippen LogP contribution >= 0.6 is 0 Å². The number of amides is 2. The number of hydrogen-bond acceptors (Lipinski definition) is 5. The number of nitrogens with zero attached hydrogens (tertiary/aromatic N) is 1. The van der Waals surface area contributed by atoms with E-state index in [2.05, 4.69) is 36.8 Å². The maximum Gasteiger partial charge on any atom is 0.269 e. The van der Waals surface area contributed by atoms with Crippen LogP contribution in [-0.4, -0.2) is 17.0 Å². The molecule has 0 unspecified atom stereocenters. The molecule has 31 heavy (non-hydrogen) atoms. The molecule has 0 saturated carbocycles. The lowest BCUT2D eigenvalue weighted by atomic mass is 9.87. The highest BCUT2D eigenvalue weighted by Crippen LogP contribution is 2.22. The van der Waals surface area contributed by atoms with E-state index in [0.29, 0.717) is 23.5 Å². The maximum absolute atomic E-state index is 12.3. The van der Waals surface area contributed by atoms with Gasteiger partial charge in [0, 0.05) is 11.1 Å². The molecule has 7 nitrogen and oxygen atoms in total. The molecule has 3 aromatic rings. The van der Waals surface area contributed by atoms with Crippen LogP contribution in [0.15, 0.2) is 53.1 Å². The number of aryl methyl sites for hydroxylation is 2. The molecule has 7 heteroatoms. The Bertz CT molecular complexity index is 1040. The lowest BCUT2D eigenvalue weighted by Gasteiger charge is -2.19. The molecule has 2 N–H and O–H groups in total. The van der Waals surface area contributed by atoms with Crippen LogP contribution in [0.3, 0.4) is 0 Å². The van der Waals surface area contributed by atoms with Gasteiger partial charge in [0.1, 0.15) is 18.1 Å². The predicted octanol–water partition coefficient (Wildman–Crippen LogP) is 4.24. The summed E-state index contributed by atoms with van der Waals surface area (Å²) in [5.74, 6) is 0.530. The van der Waals surface area contributed by atoms with Gasteiger partial charge in [-0.1, -0.05) is 38.1 Å². The summed E-state index contributed by atoms with van der Waals surface area (Å²) in [5.41, 5.74) is 8.56. The van der Waals surface area contributed by atoms with Crippen molar-refractivity contribution in [3.63, 3.8) is 0 Å². The van der Waals surface area contributed by atoms with Crippen molar-refractivity contribution in [2.75, 3.05) is 0 Å². The highest BCUT2D eigenvalue weighted by Gasteiger charge is 2.15. The molecule has 0 atom stereocenters. The predicted molar refractivity (Wildman–Crippen MR) is 117 cm³/mol. The highest BCUT2D eigenvalue weighted by molar-refractivity contribution is 5.99. The molecule has 2 amide bonds. The minimum absolute atomic E-state index is 0.00612. The second kappa shape index (κ2) is 9.04. The van der Waals surface area contributed by atoms with Gasteiger partial charge in [-0.2, -0.15) is 0 Å². The summed E-state index contributed by atoms with van der Waals surface area (Å²) in [4.78, 5) is 24.6. The van der Waals surface area contributed by atoms with Crippen molar-refractivity contribution in [3.8, 4) is 5.75 Å². The van der Waals surface area contributed by atoms with E-state index in [1.165, 1.54) is 0 Å². The van der Waals surface area contributed by atoms with E-state index in [-0.39, 0.29) is 11.3 Å². The lowest BCUT2D eigenvalue weighted by Crippen LogP contribution is -2.41. The van der Waals surface area contributed by atoms with Gasteiger partial charge >= 0.3 is 0 Å². The minimum atomic E-state index is -0.420. The van der Waals surface area contributed by atoms with Crippen LogP contribution in [0.5, 0.6) is 5.75 Å². The SMILES string of the molecule is Cc1noc(C)c1COc1ccc(C(=O)NNC(=O)c2ccc(C(C)(C)C)cc2)cc1. The number of ether oxygens (including phenoxy) is 1. The van der Waals surface area contributed by atoms with Crippen LogP contribution in [0.4, 0.5) is 0 Å². The van der Waals surface area contributed by atoms with E-state index in [9.17, 15) is 9.59 Å². The zero-order chi connectivity index (χ0) is 22.6. The molecule has 0 bridgehead atoms. The molecule has 0 aliphatic heterocycles. The Morgan fingerprint density at radius 1 is 0.903 bits per heavy atom. The van der Waals surface area contributed by atoms with Crippen molar-refractivity contribution < 1.29 is 18.8 Å². The summed E-state index contributed by atoms with van der Waals surface area (Å²) in [5, 5.41) is 3.89. The molecule has 3 rings (SSSR count). The Morgan fingerprint density at radius 3 is 1.87 bits per heavy atom. The quantitative estimate of drug-likeness (QED) is 0.601. The number of rotatable bonds is 5. The monoisotopic (exact) mass is 421 g/mol. The standard InChI is InChI=1S/C24H27N3O4/c1-15-21(16(2)31-27-15)14-30-20-12-8-18(9-13-20)23(29)26-25-22(28)17-6-10-19(11-7-17)24(3,4)5/h6-13H,14H2,1-5H3,(H,25,28)(H,26,29). The van der Waals surface area contributed by atoms with Crippen LogP contribution in [0.2, 0.25) is 0 Å². The molecular formula is C24H27N3O4. The van der Waals surface area contributed by atoms with Gasteiger partial charge in [0.05, 0.1) is 11.3 Å². The highest BCUT2D eigenvalue weighted by atomic mass is 16.5. The first-order chi connectivity index (χ1) is 14.6. The first-order valence-corrected chi connectivity index (χ1v) is 10.0. The van der Waals surface area contributed by atoms with Crippen molar-refractivity contribution in [2.24, 2.45) is 0 Å². The number of carbonyl (C=O) groups excluding carboxylic acids is 2. The molecule has 0 radical (unpaired) electrons. The Morgan fingerprint density at radius 2 is 1.42 bits per heavy atom. The van der Waals surface area contributed by atoms with E-state index in [4.69, 9.17) is 9.26 Å². The normalized spacial score (nSPS) is 11.1. The van der Waals surface area contributed by atoms with Gasteiger partial charge in [0.2, 0.25) is 0 Å². The third kappa shape index (κ3) is 5.51. The van der Waals surface area contributed by atoms with E-state index >= 15 is 0 Å². The molecule has 2 aromatic carbocycles. The van der Waals surface area contributed by atoms with Crippen LogP contribution in [0.25, 0.3) is 0 Å². The summed E-state index contributed by atoms with van der Waals surface area (Å²) < 4.78 is 10.9. The molecule has 0 aliphatic rings. The summed E-state index contributed by atoms with van der Waals surface area (Å²) in [6.45, 7) is 10.3. The molecule has 162 valence electrons. The molecule has 0 spiro atoms. The van der Waals surface area contributed by atoms with Gasteiger partial charge in [-0.25, -0.2) is 0 Å². The molecule has 0 fully saturated rings. The summed E-state index contributed by atoms with van der Waals surface area (Å²) in [6, 6.07) is 14.0. The molecule has 1 heterocycles. The van der Waals surface area contributed by atoms with Gasteiger partial charge in [0.15, 0.2) is 0 Å². The van der Waals surface area contributed by atoms with E-state index in [1.54, 1.807) is 36.4 Å². The van der Waals surface area contributed by atoms with Crippen LogP contribution in [0.1, 0.15) is 64.1 Å². The number of carbonyl (C=O) groups is 2. The van der Waals surface area contributed by atoms with E-state index in [0.717, 1.165) is 22.6 Å². The fourth-order valence-corrected chi connectivity index (χ4v) is 2.95. The van der Waals surface area contributed by atoms with Crippen molar-refractivity contribution in [2.45, 2.75) is 46.6 Å². The smallest absolute Gasteiger partial charge is 0.269 e. The van der Waals surface area contributed by atoms with Crippen molar-refractivity contribution in [3.05, 3.63) is 82.2 Å². The first-order valence-electron chi connectivity index (χ1n) is 10.0. The lowest BCUT2D eigenvalue weighted by molar-refractivity contribution is 0.0846. The van der Waals surface area contributed by atoms with Gasteiger partial charge in [-0.15, -0.1) is 0 Å². The van der Waals surface area contributed by atoms with Gasteiger partial charge in [-0.3, -0.25) is 20.4 Å². The number of benzene rings is 2. The average Bonchev–Trinajstić information content (AvgIpc) is 3.07. The average molecular weight is 421 g/mol. The summed E-state index contributed by atoms with van der Waals surface area (Å²) in [6.07, 6.45) is 0. The largest absolute Gasteiger partial charge is 0.489 e. The van der Waals surface area contributed by atoms with Gasteiger partial charge in [-0.05, 0) is 61.2 Å². The molecular weight excluding hydrogens is 394 g/mol. The van der Waals surface area contributed by atoms with E-state index in [1.807, 2.05) is 26.0 Å². The molecule has 0 aliphatic carbocycles. The summed E-state index contributed by atoms with van der Waals surface area (Å²) in [7, 11) is 0. The zero-order valence-corrected chi connectivity index (χ0v) is 18.4. The Kier molecular flexibility index (Phi) is 6.44. The molecule has 1 aromatic heterocycles. The van der Waals surface area contributed by atoms with Gasteiger partial charge in [0.25, 0.3) is 11.8 Å². The maximum atomic E-state index is 12.3. The Balaban J connectivity index is 1.53. The Hall–Kier alpha value is -3.61. The van der Waals surface area contributed by atoms with Gasteiger partial charge < -0.3 is 9.26 Å². The second-order valence-electron chi connectivity index (χ2n) is 8.35. The number of aromatic nitrogens is 1. The topological polar surface area (TPSA) is 93.5 Å². The summed E-state index contributed by atoms with van der Waals surface area (Å²) >= 11 is 0. The number of nitrogens with one attached hydrogen (secondary N) is 2. The fourth-order valence-electron chi connectivity index (χ4n) is 2.95. The minimum Gasteiger partial charge on any atom is -0.489 e. The van der Waals surface area contributed by atoms with Crippen LogP contribution in [0, 0.1) is 13.8 Å². The zero-order valence-electron chi connectivity index (χ0n) is 18.4. The van der Waals surface area contributed by atoms with E-state index < -0.39 is 5.91 Å².